The lowest BCUT2D eigenvalue weighted by molar-refractivity contribution is -0.208. The number of rotatable bonds is 8. The monoisotopic (exact) mass is 258 g/mol. The highest BCUT2D eigenvalue weighted by atomic mass is 16.7. The van der Waals surface area contributed by atoms with Crippen LogP contribution in [0.25, 0.3) is 0 Å². The molecule has 3 unspecified atom stereocenters. The van der Waals surface area contributed by atoms with Gasteiger partial charge in [-0.2, -0.15) is 0 Å². The Kier molecular flexibility index (Phi) is 7.15. The summed E-state index contributed by atoms with van der Waals surface area (Å²) in [5.74, 6) is 0. The molecule has 0 aliphatic carbocycles. The Morgan fingerprint density at radius 1 is 1.11 bits per heavy atom. The van der Waals surface area contributed by atoms with Gasteiger partial charge in [0.05, 0.1) is 6.04 Å². The summed E-state index contributed by atoms with van der Waals surface area (Å²) in [5.41, 5.74) is 0. The molecule has 4 nitrogen and oxygen atoms in total. The van der Waals surface area contributed by atoms with Gasteiger partial charge in [0.1, 0.15) is 6.23 Å². The minimum absolute atomic E-state index is 0.139. The third kappa shape index (κ3) is 5.22. The molecule has 1 N–H and O–H groups in total. The Balaban J connectivity index is 2.44. The molecule has 1 aliphatic heterocycles. The van der Waals surface area contributed by atoms with Crippen molar-refractivity contribution < 1.29 is 9.47 Å². The van der Waals surface area contributed by atoms with Crippen LogP contribution in [0.3, 0.4) is 0 Å². The lowest BCUT2D eigenvalue weighted by atomic mass is 10.2. The molecule has 0 aromatic rings. The normalized spacial score (nSPS) is 22.3. The lowest BCUT2D eigenvalue weighted by Crippen LogP contribution is -2.47. The summed E-state index contributed by atoms with van der Waals surface area (Å²) >= 11 is 0. The summed E-state index contributed by atoms with van der Waals surface area (Å²) in [6.45, 7) is 13.5. The van der Waals surface area contributed by atoms with E-state index >= 15 is 0 Å². The van der Waals surface area contributed by atoms with Crippen molar-refractivity contribution in [2.24, 2.45) is 0 Å². The van der Waals surface area contributed by atoms with Crippen molar-refractivity contribution in [3.63, 3.8) is 0 Å². The van der Waals surface area contributed by atoms with Gasteiger partial charge in [-0.1, -0.05) is 13.8 Å². The van der Waals surface area contributed by atoms with Gasteiger partial charge in [0.15, 0.2) is 6.29 Å². The second-order valence-electron chi connectivity index (χ2n) is 5.41. The fourth-order valence-electron chi connectivity index (χ4n) is 2.46. The second-order valence-corrected chi connectivity index (χ2v) is 5.41. The highest BCUT2D eigenvalue weighted by Crippen LogP contribution is 2.15. The predicted molar refractivity (Wildman–Crippen MR) is 74.5 cm³/mol. The lowest BCUT2D eigenvalue weighted by Gasteiger charge is -2.32. The fourth-order valence-corrected chi connectivity index (χ4v) is 2.46. The molecule has 1 rings (SSSR count). The van der Waals surface area contributed by atoms with Crippen LogP contribution in [0.2, 0.25) is 0 Å². The number of nitrogens with one attached hydrogen (secondary N) is 1. The van der Waals surface area contributed by atoms with Crippen LogP contribution in [0.4, 0.5) is 0 Å². The predicted octanol–water partition coefficient (Wildman–Crippen LogP) is 2.19. The van der Waals surface area contributed by atoms with E-state index in [0.717, 1.165) is 13.1 Å². The van der Waals surface area contributed by atoms with Crippen molar-refractivity contribution in [2.45, 2.75) is 72.1 Å². The fraction of sp³-hybridized carbons (Fsp3) is 1.00. The minimum atomic E-state index is -0.173. The van der Waals surface area contributed by atoms with Crippen molar-refractivity contribution in [2.75, 3.05) is 19.7 Å². The first-order valence-electron chi connectivity index (χ1n) is 7.31. The number of hydrogen-bond donors (Lipinski definition) is 1. The SMILES string of the molecule is CCOC(OC(C)N1CCCC1)C(C)NC(C)C. The Morgan fingerprint density at radius 2 is 1.72 bits per heavy atom. The molecule has 0 aromatic heterocycles. The first-order valence-corrected chi connectivity index (χ1v) is 7.31. The molecule has 1 heterocycles. The maximum absolute atomic E-state index is 6.08. The smallest absolute Gasteiger partial charge is 0.174 e. The van der Waals surface area contributed by atoms with Crippen LogP contribution in [0.5, 0.6) is 0 Å². The van der Waals surface area contributed by atoms with E-state index in [2.05, 4.69) is 37.9 Å². The number of nitrogens with zero attached hydrogens (tertiary/aromatic N) is 1. The van der Waals surface area contributed by atoms with E-state index in [1.54, 1.807) is 0 Å². The van der Waals surface area contributed by atoms with Crippen LogP contribution in [0, 0.1) is 0 Å². The molecule has 108 valence electrons. The molecule has 0 radical (unpaired) electrons. The van der Waals surface area contributed by atoms with Gasteiger partial charge in [-0.25, -0.2) is 0 Å². The summed E-state index contributed by atoms with van der Waals surface area (Å²) in [4.78, 5) is 2.38. The van der Waals surface area contributed by atoms with Crippen LogP contribution in [-0.2, 0) is 9.47 Å². The summed E-state index contributed by atoms with van der Waals surface area (Å²) < 4.78 is 11.8. The summed E-state index contributed by atoms with van der Waals surface area (Å²) in [7, 11) is 0. The average Bonchev–Trinajstić information content (AvgIpc) is 2.80. The van der Waals surface area contributed by atoms with Crippen molar-refractivity contribution in [1.82, 2.24) is 10.2 Å². The molecule has 1 aliphatic rings. The summed E-state index contributed by atoms with van der Waals surface area (Å²) in [5, 5.41) is 3.46. The van der Waals surface area contributed by atoms with E-state index in [-0.39, 0.29) is 18.6 Å². The number of likely N-dealkylation sites (tertiary alicyclic amines) is 1. The molecule has 4 heteroatoms. The Hall–Kier alpha value is -0.160. The third-order valence-electron chi connectivity index (χ3n) is 3.32. The highest BCUT2D eigenvalue weighted by Gasteiger charge is 2.25. The van der Waals surface area contributed by atoms with Crippen LogP contribution < -0.4 is 5.32 Å². The zero-order valence-corrected chi connectivity index (χ0v) is 12.6. The molecular weight excluding hydrogens is 228 g/mol. The Labute approximate surface area is 112 Å². The summed E-state index contributed by atoms with van der Waals surface area (Å²) in [6, 6.07) is 0.642. The number of ether oxygens (including phenoxy) is 2. The van der Waals surface area contributed by atoms with Crippen molar-refractivity contribution >= 4 is 0 Å². The van der Waals surface area contributed by atoms with Crippen molar-refractivity contribution in [3.05, 3.63) is 0 Å². The molecule has 0 bridgehead atoms. The van der Waals surface area contributed by atoms with E-state index in [9.17, 15) is 0 Å². The standard InChI is InChI=1S/C14H30N2O2/c1-6-17-14(12(4)15-11(2)3)18-13(5)16-9-7-8-10-16/h11-15H,6-10H2,1-5H3. The van der Waals surface area contributed by atoms with Gasteiger partial charge in [-0.15, -0.1) is 0 Å². The molecule has 3 atom stereocenters. The first-order chi connectivity index (χ1) is 8.54. The van der Waals surface area contributed by atoms with Crippen molar-refractivity contribution in [1.29, 1.82) is 0 Å². The maximum atomic E-state index is 6.08. The molecule has 18 heavy (non-hydrogen) atoms. The van der Waals surface area contributed by atoms with Gasteiger partial charge in [0.25, 0.3) is 0 Å². The van der Waals surface area contributed by atoms with Gasteiger partial charge in [-0.3, -0.25) is 4.90 Å². The number of hydrogen-bond acceptors (Lipinski definition) is 4. The van der Waals surface area contributed by atoms with Gasteiger partial charge >= 0.3 is 0 Å². The van der Waals surface area contributed by atoms with Crippen molar-refractivity contribution in [3.8, 4) is 0 Å². The van der Waals surface area contributed by atoms with Gasteiger partial charge in [0.2, 0.25) is 0 Å². The highest BCUT2D eigenvalue weighted by molar-refractivity contribution is 4.72. The molecule has 1 saturated heterocycles. The zero-order valence-electron chi connectivity index (χ0n) is 12.6. The molecular formula is C14H30N2O2. The van der Waals surface area contributed by atoms with E-state index in [0.29, 0.717) is 12.6 Å². The minimum Gasteiger partial charge on any atom is -0.351 e. The second kappa shape index (κ2) is 8.10. The van der Waals surface area contributed by atoms with E-state index in [4.69, 9.17) is 9.47 Å². The third-order valence-corrected chi connectivity index (χ3v) is 3.32. The first kappa shape index (κ1) is 15.9. The van der Waals surface area contributed by atoms with Crippen LogP contribution in [-0.4, -0.2) is 49.2 Å². The Morgan fingerprint density at radius 3 is 2.22 bits per heavy atom. The molecule has 0 saturated carbocycles. The van der Waals surface area contributed by atoms with Gasteiger partial charge in [-0.05, 0) is 33.6 Å². The molecule has 0 spiro atoms. The van der Waals surface area contributed by atoms with Crippen LogP contribution >= 0.6 is 0 Å². The quantitative estimate of drug-likeness (QED) is 0.677. The van der Waals surface area contributed by atoms with Gasteiger partial charge in [0, 0.05) is 25.7 Å². The molecule has 0 amide bonds. The van der Waals surface area contributed by atoms with Gasteiger partial charge < -0.3 is 14.8 Å². The Bertz CT molecular complexity index is 218. The van der Waals surface area contributed by atoms with E-state index in [1.807, 2.05) is 6.92 Å². The average molecular weight is 258 g/mol. The molecule has 0 aromatic carbocycles. The van der Waals surface area contributed by atoms with E-state index < -0.39 is 0 Å². The van der Waals surface area contributed by atoms with E-state index in [1.165, 1.54) is 12.8 Å². The largest absolute Gasteiger partial charge is 0.351 e. The summed E-state index contributed by atoms with van der Waals surface area (Å²) in [6.07, 6.45) is 2.54. The maximum Gasteiger partial charge on any atom is 0.174 e. The van der Waals surface area contributed by atoms with Crippen LogP contribution in [0.15, 0.2) is 0 Å². The zero-order chi connectivity index (χ0) is 13.5. The topological polar surface area (TPSA) is 33.7 Å². The molecule has 1 fully saturated rings. The van der Waals surface area contributed by atoms with Crippen LogP contribution in [0.1, 0.15) is 47.5 Å².